The molecule has 1 aromatic carbocycles. The van der Waals surface area contributed by atoms with Crippen LogP contribution in [0.1, 0.15) is 55.6 Å². The van der Waals surface area contributed by atoms with Crippen LogP contribution in [0.4, 0.5) is 0 Å². The number of benzene rings is 1. The molecular weight excluding hydrogens is 240 g/mol. The number of aryl methyl sites for hydroxylation is 2. The summed E-state index contributed by atoms with van der Waals surface area (Å²) in [6.45, 7) is 7.21. The Kier molecular flexibility index (Phi) is 4.87. The van der Waals surface area contributed by atoms with E-state index in [0.717, 1.165) is 24.0 Å². The van der Waals surface area contributed by atoms with E-state index < -0.39 is 11.4 Å². The van der Waals surface area contributed by atoms with E-state index in [4.69, 9.17) is 5.11 Å². The molecule has 0 atom stereocenters. The molecule has 1 aromatic rings. The number of carbonyl (C=O) groups is 2. The quantitative estimate of drug-likeness (QED) is 0.798. The summed E-state index contributed by atoms with van der Waals surface area (Å²) in [6.07, 6.45) is 1.67. The highest BCUT2D eigenvalue weighted by atomic mass is 16.4. The average Bonchev–Trinajstić information content (AvgIpc) is 2.37. The van der Waals surface area contributed by atoms with E-state index in [1.54, 1.807) is 13.8 Å². The van der Waals surface area contributed by atoms with Gasteiger partial charge in [-0.05, 0) is 43.9 Å². The van der Waals surface area contributed by atoms with Crippen LogP contribution in [0.2, 0.25) is 0 Å². The van der Waals surface area contributed by atoms with Crippen LogP contribution in [0, 0.1) is 5.41 Å². The van der Waals surface area contributed by atoms with Crippen molar-refractivity contribution in [1.82, 2.24) is 0 Å². The summed E-state index contributed by atoms with van der Waals surface area (Å²) in [7, 11) is 0. The Morgan fingerprint density at radius 3 is 2.26 bits per heavy atom. The molecule has 1 N–H and O–H groups in total. The zero-order chi connectivity index (χ0) is 14.6. The molecule has 0 unspecified atom stereocenters. The lowest BCUT2D eigenvalue weighted by atomic mass is 9.84. The Balaban J connectivity index is 3.08. The van der Waals surface area contributed by atoms with Crippen molar-refractivity contribution >= 4 is 11.8 Å². The lowest BCUT2D eigenvalue weighted by Gasteiger charge is -2.19. The van der Waals surface area contributed by atoms with Gasteiger partial charge >= 0.3 is 5.97 Å². The summed E-state index contributed by atoms with van der Waals surface area (Å²) in [5, 5.41) is 9.11. The second-order valence-corrected chi connectivity index (χ2v) is 5.49. The lowest BCUT2D eigenvalue weighted by molar-refractivity contribution is -0.146. The lowest BCUT2D eigenvalue weighted by Crippen LogP contribution is -2.27. The Labute approximate surface area is 114 Å². The fourth-order valence-electron chi connectivity index (χ4n) is 1.98. The van der Waals surface area contributed by atoms with E-state index >= 15 is 0 Å². The van der Waals surface area contributed by atoms with Crippen molar-refractivity contribution in [1.29, 1.82) is 0 Å². The van der Waals surface area contributed by atoms with Crippen LogP contribution in [0.5, 0.6) is 0 Å². The maximum atomic E-state index is 12.3. The van der Waals surface area contributed by atoms with Crippen LogP contribution in [-0.4, -0.2) is 16.9 Å². The summed E-state index contributed by atoms with van der Waals surface area (Å²) in [5.41, 5.74) is 1.75. The monoisotopic (exact) mass is 262 g/mol. The van der Waals surface area contributed by atoms with Gasteiger partial charge in [0.05, 0.1) is 5.41 Å². The highest BCUT2D eigenvalue weighted by Gasteiger charge is 2.31. The second-order valence-electron chi connectivity index (χ2n) is 5.49. The minimum atomic E-state index is -1.02. The van der Waals surface area contributed by atoms with Crippen LogP contribution in [0.25, 0.3) is 0 Å². The smallest absolute Gasteiger partial charge is 0.309 e. The molecule has 104 valence electrons. The van der Waals surface area contributed by atoms with Gasteiger partial charge in [-0.1, -0.05) is 26.0 Å². The van der Waals surface area contributed by atoms with Gasteiger partial charge in [-0.25, -0.2) is 0 Å². The van der Waals surface area contributed by atoms with Gasteiger partial charge < -0.3 is 5.11 Å². The molecule has 0 saturated carbocycles. The maximum absolute atomic E-state index is 12.3. The highest BCUT2D eigenvalue weighted by molar-refractivity contribution is 6.00. The summed E-state index contributed by atoms with van der Waals surface area (Å²) in [4.78, 5) is 23.5. The van der Waals surface area contributed by atoms with Crippen LogP contribution in [0.15, 0.2) is 18.2 Å². The van der Waals surface area contributed by atoms with Crippen LogP contribution < -0.4 is 0 Å². The van der Waals surface area contributed by atoms with Crippen LogP contribution >= 0.6 is 0 Å². The van der Waals surface area contributed by atoms with Crippen molar-refractivity contribution in [3.63, 3.8) is 0 Å². The van der Waals surface area contributed by atoms with E-state index in [0.29, 0.717) is 5.56 Å². The highest BCUT2D eigenvalue weighted by Crippen LogP contribution is 2.25. The number of carbonyl (C=O) groups excluding carboxylic acids is 1. The fraction of sp³-hybridized carbons (Fsp3) is 0.500. The summed E-state index contributed by atoms with van der Waals surface area (Å²) in [5.74, 6) is -1.02. The Morgan fingerprint density at radius 1 is 1.16 bits per heavy atom. The molecule has 1 rings (SSSR count). The van der Waals surface area contributed by atoms with E-state index in [1.165, 1.54) is 0 Å². The normalized spacial score (nSPS) is 11.4. The zero-order valence-electron chi connectivity index (χ0n) is 12.1. The average molecular weight is 262 g/mol. The van der Waals surface area contributed by atoms with E-state index in [9.17, 15) is 9.59 Å². The van der Waals surface area contributed by atoms with E-state index in [2.05, 4.69) is 0 Å². The van der Waals surface area contributed by atoms with Gasteiger partial charge in [0.1, 0.15) is 0 Å². The van der Waals surface area contributed by atoms with Crippen LogP contribution in [0.3, 0.4) is 0 Å². The van der Waals surface area contributed by atoms with Gasteiger partial charge in [0.15, 0.2) is 5.78 Å². The van der Waals surface area contributed by atoms with Gasteiger partial charge in [-0.15, -0.1) is 0 Å². The number of carboxylic acid groups (broad SMARTS) is 1. The minimum Gasteiger partial charge on any atom is -0.481 e. The predicted octanol–water partition coefficient (Wildman–Crippen LogP) is 3.50. The van der Waals surface area contributed by atoms with Crippen molar-refractivity contribution in [2.45, 2.75) is 47.0 Å². The first-order valence-electron chi connectivity index (χ1n) is 6.70. The number of aliphatic carboxylic acids is 1. The molecule has 0 heterocycles. The fourth-order valence-corrected chi connectivity index (χ4v) is 1.98. The van der Waals surface area contributed by atoms with Gasteiger partial charge in [0.25, 0.3) is 0 Å². The Bertz CT molecular complexity index is 487. The first-order valence-corrected chi connectivity index (χ1v) is 6.70. The standard InChI is InChI=1S/C16H22O3/c1-5-11-7-8-12(6-2)13(9-11)14(17)10-16(3,4)15(18)19/h7-9H,5-6,10H2,1-4H3,(H,18,19). The van der Waals surface area contributed by atoms with Crippen molar-refractivity contribution in [2.24, 2.45) is 5.41 Å². The number of rotatable bonds is 6. The van der Waals surface area contributed by atoms with Gasteiger partial charge in [0.2, 0.25) is 0 Å². The molecule has 0 aliphatic rings. The van der Waals surface area contributed by atoms with Crippen molar-refractivity contribution in [3.8, 4) is 0 Å². The van der Waals surface area contributed by atoms with Gasteiger partial charge in [-0.2, -0.15) is 0 Å². The third kappa shape index (κ3) is 3.66. The molecule has 0 radical (unpaired) electrons. The number of carboxylic acids is 1. The van der Waals surface area contributed by atoms with Crippen molar-refractivity contribution in [2.75, 3.05) is 0 Å². The molecule has 19 heavy (non-hydrogen) atoms. The molecular formula is C16H22O3. The summed E-state index contributed by atoms with van der Waals surface area (Å²) >= 11 is 0. The molecule has 3 heteroatoms. The molecule has 0 aliphatic carbocycles. The molecule has 0 aromatic heterocycles. The topological polar surface area (TPSA) is 54.4 Å². The summed E-state index contributed by atoms with van der Waals surface area (Å²) in [6, 6.07) is 5.90. The molecule has 3 nitrogen and oxygen atoms in total. The van der Waals surface area contributed by atoms with Gasteiger partial charge in [-0.3, -0.25) is 9.59 Å². The van der Waals surface area contributed by atoms with E-state index in [-0.39, 0.29) is 12.2 Å². The number of hydrogen-bond donors (Lipinski definition) is 1. The number of ketones is 1. The SMILES string of the molecule is CCc1ccc(CC)c(C(=O)CC(C)(C)C(=O)O)c1. The third-order valence-corrected chi connectivity index (χ3v) is 3.45. The molecule has 0 saturated heterocycles. The van der Waals surface area contributed by atoms with Crippen molar-refractivity contribution in [3.05, 3.63) is 34.9 Å². The van der Waals surface area contributed by atoms with E-state index in [1.807, 2.05) is 32.0 Å². The second kappa shape index (κ2) is 6.00. The Hall–Kier alpha value is -1.64. The molecule has 0 fully saturated rings. The largest absolute Gasteiger partial charge is 0.481 e. The van der Waals surface area contributed by atoms with Gasteiger partial charge in [0, 0.05) is 12.0 Å². The first kappa shape index (κ1) is 15.4. The predicted molar refractivity (Wildman–Crippen MR) is 75.6 cm³/mol. The van der Waals surface area contributed by atoms with Crippen molar-refractivity contribution < 1.29 is 14.7 Å². The molecule has 0 amide bonds. The summed E-state index contributed by atoms with van der Waals surface area (Å²) < 4.78 is 0. The molecule has 0 spiro atoms. The van der Waals surface area contributed by atoms with Crippen LogP contribution in [-0.2, 0) is 17.6 Å². The molecule has 0 aliphatic heterocycles. The minimum absolute atomic E-state index is 0.0303. The maximum Gasteiger partial charge on any atom is 0.309 e. The first-order chi connectivity index (χ1) is 8.81. The molecule has 0 bridgehead atoms. The number of Topliss-reactive ketones (excluding diaryl/α,β-unsaturated/α-hetero) is 1. The zero-order valence-corrected chi connectivity index (χ0v) is 12.1. The number of hydrogen-bond acceptors (Lipinski definition) is 2. The Morgan fingerprint density at radius 2 is 1.79 bits per heavy atom. The third-order valence-electron chi connectivity index (χ3n) is 3.45.